The number of halogens is 4. The summed E-state index contributed by atoms with van der Waals surface area (Å²) in [6.07, 6.45) is -1.07. The lowest BCUT2D eigenvalue weighted by atomic mass is 10.00. The van der Waals surface area contributed by atoms with Gasteiger partial charge in [0.2, 0.25) is 0 Å². The first-order valence-electron chi connectivity index (χ1n) is 6.49. The van der Waals surface area contributed by atoms with Crippen LogP contribution in [0.25, 0.3) is 5.57 Å². The van der Waals surface area contributed by atoms with E-state index in [9.17, 15) is 21.8 Å². The van der Waals surface area contributed by atoms with E-state index in [0.29, 0.717) is 12.0 Å². The minimum Gasteiger partial charge on any atom is -0.406 e. The largest absolute Gasteiger partial charge is 0.573 e. The molecule has 0 amide bonds. The molecular weight excluding hydrogens is 308 g/mol. The Hall–Kier alpha value is -1.37. The van der Waals surface area contributed by atoms with E-state index in [1.807, 2.05) is 0 Å². The maximum absolute atomic E-state index is 13.9. The van der Waals surface area contributed by atoms with Gasteiger partial charge < -0.3 is 4.74 Å². The molecule has 7 heteroatoms. The van der Waals surface area contributed by atoms with Crippen LogP contribution in [0, 0.1) is 5.82 Å². The lowest BCUT2D eigenvalue weighted by Gasteiger charge is -2.20. The lowest BCUT2D eigenvalue weighted by molar-refractivity contribution is -0.274. The van der Waals surface area contributed by atoms with Gasteiger partial charge in [-0.15, -0.1) is 13.2 Å². The molecule has 3 atom stereocenters. The van der Waals surface area contributed by atoms with Crippen molar-refractivity contribution in [3.63, 3.8) is 0 Å². The average molecular weight is 320 g/mol. The fourth-order valence-corrected chi connectivity index (χ4v) is 4.72. The van der Waals surface area contributed by atoms with E-state index in [-0.39, 0.29) is 16.1 Å². The Kier molecular flexibility index (Phi) is 3.55. The van der Waals surface area contributed by atoms with Gasteiger partial charge in [-0.3, -0.25) is 4.21 Å². The van der Waals surface area contributed by atoms with E-state index < -0.39 is 28.7 Å². The Morgan fingerprint density at radius 1 is 1.24 bits per heavy atom. The molecule has 0 saturated carbocycles. The number of hydrogen-bond donors (Lipinski definition) is 0. The third-order valence-electron chi connectivity index (χ3n) is 3.75. The van der Waals surface area contributed by atoms with Gasteiger partial charge in [0.25, 0.3) is 0 Å². The number of benzene rings is 1. The second-order valence-corrected chi connectivity index (χ2v) is 7.08. The quantitative estimate of drug-likeness (QED) is 0.775. The Morgan fingerprint density at radius 2 is 2.00 bits per heavy atom. The maximum Gasteiger partial charge on any atom is 0.573 e. The summed E-state index contributed by atoms with van der Waals surface area (Å²) in [5.74, 6) is -1.04. The van der Waals surface area contributed by atoms with Crippen molar-refractivity contribution in [3.05, 3.63) is 35.7 Å². The first kappa shape index (κ1) is 14.6. The lowest BCUT2D eigenvalue weighted by Crippen LogP contribution is -2.20. The first-order chi connectivity index (χ1) is 9.83. The van der Waals surface area contributed by atoms with Crippen molar-refractivity contribution in [1.82, 2.24) is 0 Å². The molecule has 1 aromatic carbocycles. The highest BCUT2D eigenvalue weighted by Crippen LogP contribution is 2.40. The molecule has 3 unspecified atom stereocenters. The Balaban J connectivity index is 1.93. The van der Waals surface area contributed by atoms with Crippen LogP contribution in [-0.4, -0.2) is 21.1 Å². The second-order valence-electron chi connectivity index (χ2n) is 5.15. The third kappa shape index (κ3) is 2.97. The van der Waals surface area contributed by atoms with Crippen molar-refractivity contribution in [2.45, 2.75) is 36.1 Å². The molecule has 2 aliphatic rings. The minimum absolute atomic E-state index is 0.0263. The first-order valence-corrected chi connectivity index (χ1v) is 7.77. The molecule has 1 fully saturated rings. The number of alkyl halides is 3. The number of ether oxygens (including phenoxy) is 1. The molecule has 1 aromatic rings. The maximum atomic E-state index is 13.9. The van der Waals surface area contributed by atoms with Crippen LogP contribution in [0.5, 0.6) is 5.75 Å². The molecule has 0 radical (unpaired) electrons. The molecule has 114 valence electrons. The molecule has 2 heterocycles. The predicted molar refractivity (Wildman–Crippen MR) is 70.6 cm³/mol. The highest BCUT2D eigenvalue weighted by atomic mass is 32.2. The summed E-state index contributed by atoms with van der Waals surface area (Å²) in [5, 5.41) is -0.146. The summed E-state index contributed by atoms with van der Waals surface area (Å²) in [6, 6.07) is 2.97. The molecule has 0 N–H and O–H groups in total. The van der Waals surface area contributed by atoms with Gasteiger partial charge in [-0.2, -0.15) is 0 Å². The molecule has 3 rings (SSSR count). The van der Waals surface area contributed by atoms with Gasteiger partial charge in [-0.1, -0.05) is 6.08 Å². The molecule has 0 spiro atoms. The van der Waals surface area contributed by atoms with Crippen LogP contribution in [0.2, 0.25) is 0 Å². The van der Waals surface area contributed by atoms with Gasteiger partial charge in [-0.05, 0) is 43.0 Å². The third-order valence-corrected chi connectivity index (χ3v) is 5.78. The van der Waals surface area contributed by atoms with E-state index in [1.165, 1.54) is 0 Å². The van der Waals surface area contributed by atoms with Gasteiger partial charge >= 0.3 is 6.36 Å². The van der Waals surface area contributed by atoms with Crippen molar-refractivity contribution in [2.24, 2.45) is 0 Å². The summed E-state index contributed by atoms with van der Waals surface area (Å²) in [6.45, 7) is 0. The number of fused-ring (bicyclic) bond motifs is 2. The zero-order valence-electron chi connectivity index (χ0n) is 10.8. The van der Waals surface area contributed by atoms with Crippen LogP contribution in [-0.2, 0) is 10.8 Å². The second kappa shape index (κ2) is 5.12. The normalized spacial score (nSPS) is 28.4. The molecule has 1 saturated heterocycles. The molecule has 2 bridgehead atoms. The Labute approximate surface area is 121 Å². The summed E-state index contributed by atoms with van der Waals surface area (Å²) >= 11 is 0. The van der Waals surface area contributed by atoms with Gasteiger partial charge in [0.05, 0.1) is 5.25 Å². The van der Waals surface area contributed by atoms with Crippen molar-refractivity contribution in [2.75, 3.05) is 0 Å². The van der Waals surface area contributed by atoms with Crippen LogP contribution >= 0.6 is 0 Å². The van der Waals surface area contributed by atoms with E-state index in [2.05, 4.69) is 4.74 Å². The summed E-state index contributed by atoms with van der Waals surface area (Å²) in [5.41, 5.74) is 0.720. The van der Waals surface area contributed by atoms with Gasteiger partial charge in [0.15, 0.2) is 0 Å². The molecule has 2 nitrogen and oxygen atoms in total. The van der Waals surface area contributed by atoms with Gasteiger partial charge in [-0.25, -0.2) is 4.39 Å². The summed E-state index contributed by atoms with van der Waals surface area (Å²) in [7, 11) is -0.951. The van der Waals surface area contributed by atoms with E-state index in [0.717, 1.165) is 31.0 Å². The number of hydrogen-bond acceptors (Lipinski definition) is 2. The van der Waals surface area contributed by atoms with Crippen LogP contribution in [0.1, 0.15) is 24.8 Å². The Morgan fingerprint density at radius 3 is 2.67 bits per heavy atom. The Bertz CT molecular complexity index is 624. The average Bonchev–Trinajstić information content (AvgIpc) is 2.62. The van der Waals surface area contributed by atoms with E-state index in [4.69, 9.17) is 0 Å². The van der Waals surface area contributed by atoms with E-state index in [1.54, 1.807) is 6.08 Å². The molecule has 21 heavy (non-hydrogen) atoms. The number of allylic oxidation sites excluding steroid dienone is 1. The molecule has 0 aliphatic carbocycles. The standard InChI is InChI=1S/C14H12F4O2S/c15-13-4-1-9(20-14(16,17)18)7-12(13)8-5-10-2-3-11(6-8)21(10)19/h1,4-5,7,10-11H,2-3,6H2. The topological polar surface area (TPSA) is 26.3 Å². The van der Waals surface area contributed by atoms with E-state index >= 15 is 0 Å². The van der Waals surface area contributed by atoms with Gasteiger partial charge in [0.1, 0.15) is 11.6 Å². The highest BCUT2D eigenvalue weighted by molar-refractivity contribution is 7.86. The summed E-state index contributed by atoms with van der Waals surface area (Å²) in [4.78, 5) is 0. The van der Waals surface area contributed by atoms with Crippen molar-refractivity contribution in [1.29, 1.82) is 0 Å². The molecule has 2 aliphatic heterocycles. The smallest absolute Gasteiger partial charge is 0.406 e. The summed E-state index contributed by atoms with van der Waals surface area (Å²) < 4.78 is 66.3. The van der Waals surface area contributed by atoms with Gasteiger partial charge in [0, 0.05) is 21.6 Å². The minimum atomic E-state index is -4.81. The zero-order chi connectivity index (χ0) is 15.2. The monoisotopic (exact) mass is 320 g/mol. The molecule has 0 aromatic heterocycles. The number of rotatable bonds is 2. The fraction of sp³-hybridized carbons (Fsp3) is 0.429. The van der Waals surface area contributed by atoms with Crippen molar-refractivity contribution < 1.29 is 26.5 Å². The zero-order valence-corrected chi connectivity index (χ0v) is 11.6. The van der Waals surface area contributed by atoms with Crippen LogP contribution in [0.4, 0.5) is 17.6 Å². The van der Waals surface area contributed by atoms with Crippen molar-refractivity contribution in [3.8, 4) is 5.75 Å². The molecular formula is C14H12F4O2S. The van der Waals surface area contributed by atoms with Crippen LogP contribution in [0.15, 0.2) is 24.3 Å². The predicted octanol–water partition coefficient (Wildman–Crippen LogP) is 3.79. The SMILES string of the molecule is O=S1C2C=C(c3cc(OC(F)(F)F)ccc3F)CC1CC2. The highest BCUT2D eigenvalue weighted by Gasteiger charge is 2.37. The fourth-order valence-electron chi connectivity index (χ4n) is 2.85. The van der Waals surface area contributed by atoms with Crippen LogP contribution < -0.4 is 4.74 Å². The van der Waals surface area contributed by atoms with Crippen molar-refractivity contribution >= 4 is 16.4 Å². The van der Waals surface area contributed by atoms with Crippen LogP contribution in [0.3, 0.4) is 0 Å².